The molecule has 2 aromatic rings. The van der Waals surface area contributed by atoms with Crippen LogP contribution >= 0.6 is 0 Å². The van der Waals surface area contributed by atoms with Gasteiger partial charge in [0.2, 0.25) is 0 Å². The first kappa shape index (κ1) is 14.9. The summed E-state index contributed by atoms with van der Waals surface area (Å²) in [4.78, 5) is 14.5. The highest BCUT2D eigenvalue weighted by atomic mass is 16.6. The third kappa shape index (κ3) is 3.02. The molecule has 0 spiro atoms. The molecule has 2 amide bonds. The summed E-state index contributed by atoms with van der Waals surface area (Å²) in [5.74, 6) is 1.39. The molecule has 1 saturated heterocycles. The molecule has 1 fully saturated rings. The number of ether oxygens (including phenoxy) is 2. The Morgan fingerprint density at radius 2 is 2.17 bits per heavy atom. The van der Waals surface area contributed by atoms with Gasteiger partial charge in [-0.05, 0) is 31.0 Å². The number of urea groups is 1. The van der Waals surface area contributed by atoms with Crippen LogP contribution in [0.5, 0.6) is 11.5 Å². The molecule has 3 heterocycles. The van der Waals surface area contributed by atoms with Crippen LogP contribution in [0.15, 0.2) is 36.7 Å². The van der Waals surface area contributed by atoms with Crippen molar-refractivity contribution in [3.8, 4) is 11.5 Å². The van der Waals surface area contributed by atoms with E-state index in [4.69, 9.17) is 9.47 Å². The molecule has 126 valence electrons. The van der Waals surface area contributed by atoms with Crippen LogP contribution in [-0.2, 0) is 6.54 Å². The highest BCUT2D eigenvalue weighted by molar-refractivity contribution is 5.90. The van der Waals surface area contributed by atoms with Crippen LogP contribution in [0.3, 0.4) is 0 Å². The van der Waals surface area contributed by atoms with Gasteiger partial charge in [-0.15, -0.1) is 0 Å². The van der Waals surface area contributed by atoms with Crippen molar-refractivity contribution in [1.29, 1.82) is 0 Å². The Labute approximate surface area is 140 Å². The van der Waals surface area contributed by atoms with E-state index in [1.54, 1.807) is 6.20 Å². The Kier molecular flexibility index (Phi) is 3.98. The summed E-state index contributed by atoms with van der Waals surface area (Å²) < 4.78 is 12.9. The van der Waals surface area contributed by atoms with Gasteiger partial charge in [0.05, 0.1) is 12.6 Å². The number of hydrogen-bond donors (Lipinski definition) is 1. The van der Waals surface area contributed by atoms with Gasteiger partial charge in [-0.1, -0.05) is 0 Å². The summed E-state index contributed by atoms with van der Waals surface area (Å²) in [6, 6.07) is 7.46. The molecule has 24 heavy (non-hydrogen) atoms. The first-order valence-electron chi connectivity index (χ1n) is 8.24. The van der Waals surface area contributed by atoms with Crippen molar-refractivity contribution in [3.63, 3.8) is 0 Å². The molecule has 4 rings (SSSR count). The van der Waals surface area contributed by atoms with Gasteiger partial charge in [-0.25, -0.2) is 4.79 Å². The predicted molar refractivity (Wildman–Crippen MR) is 88.4 cm³/mol. The Morgan fingerprint density at radius 3 is 3.00 bits per heavy atom. The second-order valence-corrected chi connectivity index (χ2v) is 6.01. The van der Waals surface area contributed by atoms with Gasteiger partial charge in [-0.2, -0.15) is 5.10 Å². The number of likely N-dealkylation sites (tertiary alicyclic amines) is 1. The number of fused-ring (bicyclic) bond motifs is 1. The fraction of sp³-hybridized carbons (Fsp3) is 0.412. The fourth-order valence-corrected chi connectivity index (χ4v) is 3.23. The Morgan fingerprint density at radius 1 is 1.29 bits per heavy atom. The highest BCUT2D eigenvalue weighted by Gasteiger charge is 2.29. The van der Waals surface area contributed by atoms with Crippen molar-refractivity contribution in [1.82, 2.24) is 14.7 Å². The molecular formula is C17H20N4O3. The lowest BCUT2D eigenvalue weighted by molar-refractivity contribution is 0.171. The number of carbonyl (C=O) groups is 1. The van der Waals surface area contributed by atoms with E-state index in [9.17, 15) is 4.79 Å². The molecule has 1 unspecified atom stereocenters. The molecule has 2 aliphatic heterocycles. The third-order valence-corrected chi connectivity index (χ3v) is 4.39. The van der Waals surface area contributed by atoms with E-state index in [1.807, 2.05) is 40.0 Å². The first-order valence-corrected chi connectivity index (χ1v) is 8.24. The van der Waals surface area contributed by atoms with Crippen LogP contribution in [0.4, 0.5) is 10.5 Å². The second kappa shape index (κ2) is 6.43. The first-order chi connectivity index (χ1) is 11.8. The lowest BCUT2D eigenvalue weighted by Gasteiger charge is -2.25. The minimum Gasteiger partial charge on any atom is -0.486 e. The molecule has 0 bridgehead atoms. The summed E-state index contributed by atoms with van der Waals surface area (Å²) in [6.07, 6.45) is 5.69. The quantitative estimate of drug-likeness (QED) is 0.939. The van der Waals surface area contributed by atoms with E-state index in [0.717, 1.165) is 31.7 Å². The Balaban J connectivity index is 1.43. The second-order valence-electron chi connectivity index (χ2n) is 6.01. The molecule has 0 radical (unpaired) electrons. The molecule has 0 saturated carbocycles. The molecule has 1 atom stereocenters. The van der Waals surface area contributed by atoms with Crippen LogP contribution < -0.4 is 14.8 Å². The zero-order valence-corrected chi connectivity index (χ0v) is 13.4. The monoisotopic (exact) mass is 328 g/mol. The molecule has 7 heteroatoms. The van der Waals surface area contributed by atoms with E-state index in [-0.39, 0.29) is 12.1 Å². The molecule has 0 aliphatic carbocycles. The maximum Gasteiger partial charge on any atom is 0.322 e. The normalized spacial score (nSPS) is 19.3. The Hall–Kier alpha value is -2.70. The average Bonchev–Trinajstić information content (AvgIpc) is 3.27. The van der Waals surface area contributed by atoms with E-state index in [2.05, 4.69) is 10.4 Å². The SMILES string of the molecule is O=C(Nc1ccc2c(c1)OCCO2)N1CCCC1Cn1cccn1. The summed E-state index contributed by atoms with van der Waals surface area (Å²) in [5.41, 5.74) is 0.717. The number of benzene rings is 1. The summed E-state index contributed by atoms with van der Waals surface area (Å²) in [5, 5.41) is 7.20. The average molecular weight is 328 g/mol. The number of hydrogen-bond acceptors (Lipinski definition) is 4. The van der Waals surface area contributed by atoms with Gasteiger partial charge >= 0.3 is 6.03 Å². The zero-order valence-electron chi connectivity index (χ0n) is 13.4. The number of carbonyl (C=O) groups excluding carboxylic acids is 1. The van der Waals surface area contributed by atoms with Crippen LogP contribution in [0.1, 0.15) is 12.8 Å². The van der Waals surface area contributed by atoms with E-state index in [0.29, 0.717) is 24.7 Å². The standard InChI is InChI=1S/C17H20N4O3/c22-17(19-13-4-5-15-16(11-13)24-10-9-23-15)21-8-1-3-14(21)12-20-7-2-6-18-20/h2,4-7,11,14H,1,3,8-10,12H2,(H,19,22). The number of amides is 2. The molecule has 2 aliphatic rings. The van der Waals surface area contributed by atoms with Crippen LogP contribution in [0.25, 0.3) is 0 Å². The summed E-state index contributed by atoms with van der Waals surface area (Å²) in [7, 11) is 0. The maximum atomic E-state index is 12.6. The molecular weight excluding hydrogens is 308 g/mol. The van der Waals surface area contributed by atoms with Crippen molar-refractivity contribution >= 4 is 11.7 Å². The number of nitrogens with zero attached hydrogens (tertiary/aromatic N) is 3. The van der Waals surface area contributed by atoms with Gasteiger partial charge in [0.25, 0.3) is 0 Å². The van der Waals surface area contributed by atoms with E-state index < -0.39 is 0 Å². The zero-order chi connectivity index (χ0) is 16.4. The number of nitrogens with one attached hydrogen (secondary N) is 1. The fourth-order valence-electron chi connectivity index (χ4n) is 3.23. The van der Waals surface area contributed by atoms with E-state index >= 15 is 0 Å². The highest BCUT2D eigenvalue weighted by Crippen LogP contribution is 2.33. The van der Waals surface area contributed by atoms with Crippen molar-refractivity contribution in [3.05, 3.63) is 36.7 Å². The van der Waals surface area contributed by atoms with Gasteiger partial charge < -0.3 is 19.7 Å². The lowest BCUT2D eigenvalue weighted by atomic mass is 10.2. The van der Waals surface area contributed by atoms with Gasteiger partial charge in [0.1, 0.15) is 13.2 Å². The van der Waals surface area contributed by atoms with Gasteiger partial charge in [0, 0.05) is 30.7 Å². The Bertz CT molecular complexity index is 717. The van der Waals surface area contributed by atoms with E-state index in [1.165, 1.54) is 0 Å². The van der Waals surface area contributed by atoms with Crippen LogP contribution in [0, 0.1) is 0 Å². The van der Waals surface area contributed by atoms with Crippen LogP contribution in [-0.4, -0.2) is 46.5 Å². The van der Waals surface area contributed by atoms with Crippen molar-refractivity contribution in [2.45, 2.75) is 25.4 Å². The van der Waals surface area contributed by atoms with Gasteiger partial charge in [-0.3, -0.25) is 4.68 Å². The number of rotatable bonds is 3. The number of anilines is 1. The summed E-state index contributed by atoms with van der Waals surface area (Å²) in [6.45, 7) is 2.58. The smallest absolute Gasteiger partial charge is 0.322 e. The predicted octanol–water partition coefficient (Wildman–Crippen LogP) is 2.35. The van der Waals surface area contributed by atoms with Crippen molar-refractivity contribution in [2.75, 3.05) is 25.1 Å². The molecule has 7 nitrogen and oxygen atoms in total. The van der Waals surface area contributed by atoms with Crippen molar-refractivity contribution in [2.24, 2.45) is 0 Å². The lowest BCUT2D eigenvalue weighted by Crippen LogP contribution is -2.40. The molecule has 1 aromatic heterocycles. The topological polar surface area (TPSA) is 68.6 Å². The minimum absolute atomic E-state index is 0.0821. The van der Waals surface area contributed by atoms with Crippen molar-refractivity contribution < 1.29 is 14.3 Å². The maximum absolute atomic E-state index is 12.6. The third-order valence-electron chi connectivity index (χ3n) is 4.39. The molecule has 1 N–H and O–H groups in total. The number of aromatic nitrogens is 2. The summed E-state index contributed by atoms with van der Waals surface area (Å²) >= 11 is 0. The van der Waals surface area contributed by atoms with Crippen LogP contribution in [0.2, 0.25) is 0 Å². The molecule has 1 aromatic carbocycles. The largest absolute Gasteiger partial charge is 0.486 e. The van der Waals surface area contributed by atoms with Gasteiger partial charge in [0.15, 0.2) is 11.5 Å². The minimum atomic E-state index is -0.0821.